The molecule has 20 heavy (non-hydrogen) atoms. The van der Waals surface area contributed by atoms with Crippen LogP contribution in [0.2, 0.25) is 5.02 Å². The molecule has 1 atom stereocenters. The number of carbonyl (C=O) groups excluding carboxylic acids is 1. The Labute approximate surface area is 122 Å². The summed E-state index contributed by atoms with van der Waals surface area (Å²) in [6.45, 7) is 2.00. The van der Waals surface area contributed by atoms with Crippen molar-refractivity contribution in [1.82, 2.24) is 15.5 Å². The minimum absolute atomic E-state index is 0.0360. The minimum Gasteiger partial charge on any atom is -0.362 e. The van der Waals surface area contributed by atoms with Crippen LogP contribution in [0, 0.1) is 0 Å². The molecule has 0 aliphatic heterocycles. The predicted molar refractivity (Wildman–Crippen MR) is 78.9 cm³/mol. The number of nitrogens with one attached hydrogen (secondary N) is 2. The van der Waals surface area contributed by atoms with Gasteiger partial charge in [-0.2, -0.15) is 0 Å². The first-order valence-corrected chi connectivity index (χ1v) is 6.56. The maximum Gasteiger partial charge on any atom is 0.271 e. The maximum absolute atomic E-state index is 11.4. The summed E-state index contributed by atoms with van der Waals surface area (Å²) in [6.07, 6.45) is 0. The van der Waals surface area contributed by atoms with Crippen LogP contribution in [0.25, 0.3) is 0 Å². The summed E-state index contributed by atoms with van der Waals surface area (Å²) in [6, 6.07) is 11.0. The number of halogens is 1. The second-order valence-electron chi connectivity index (χ2n) is 4.30. The van der Waals surface area contributed by atoms with Crippen molar-refractivity contribution in [2.24, 2.45) is 0 Å². The monoisotopic (exact) mass is 290 g/mol. The van der Waals surface area contributed by atoms with Gasteiger partial charge < -0.3 is 10.6 Å². The average Bonchev–Trinajstić information content (AvgIpc) is 2.47. The number of anilines is 1. The Bertz CT molecular complexity index is 600. The molecular formula is C14H15ClN4O. The quantitative estimate of drug-likeness (QED) is 0.908. The second-order valence-corrected chi connectivity index (χ2v) is 4.74. The van der Waals surface area contributed by atoms with Gasteiger partial charge in [-0.1, -0.05) is 23.7 Å². The first-order chi connectivity index (χ1) is 9.60. The van der Waals surface area contributed by atoms with Crippen LogP contribution in [-0.2, 0) is 0 Å². The molecule has 0 spiro atoms. The van der Waals surface area contributed by atoms with Gasteiger partial charge in [0.05, 0.1) is 6.04 Å². The molecule has 1 aromatic carbocycles. The normalized spacial score (nSPS) is 11.8. The van der Waals surface area contributed by atoms with Crippen LogP contribution < -0.4 is 10.6 Å². The zero-order valence-electron chi connectivity index (χ0n) is 11.2. The Balaban J connectivity index is 2.08. The number of nitrogens with zero attached hydrogens (tertiary/aromatic N) is 2. The molecule has 1 aromatic heterocycles. The molecule has 5 nitrogen and oxygen atoms in total. The number of hydrogen-bond donors (Lipinski definition) is 2. The molecule has 2 aromatic rings. The average molecular weight is 291 g/mol. The van der Waals surface area contributed by atoms with Crippen molar-refractivity contribution in [1.29, 1.82) is 0 Å². The van der Waals surface area contributed by atoms with Gasteiger partial charge in [0.15, 0.2) is 5.69 Å². The highest BCUT2D eigenvalue weighted by atomic mass is 35.5. The molecule has 1 amide bonds. The van der Waals surface area contributed by atoms with E-state index < -0.39 is 0 Å². The van der Waals surface area contributed by atoms with E-state index in [1.165, 1.54) is 0 Å². The van der Waals surface area contributed by atoms with Crippen molar-refractivity contribution in [2.75, 3.05) is 12.4 Å². The molecule has 0 radical (unpaired) electrons. The molecule has 0 aliphatic rings. The number of hydrogen-bond acceptors (Lipinski definition) is 4. The van der Waals surface area contributed by atoms with E-state index in [0.717, 1.165) is 5.56 Å². The van der Waals surface area contributed by atoms with E-state index in [4.69, 9.17) is 11.6 Å². The second kappa shape index (κ2) is 6.34. The fourth-order valence-electron chi connectivity index (χ4n) is 1.74. The van der Waals surface area contributed by atoms with E-state index in [-0.39, 0.29) is 17.6 Å². The summed E-state index contributed by atoms with van der Waals surface area (Å²) < 4.78 is 0. The van der Waals surface area contributed by atoms with Crippen molar-refractivity contribution in [3.8, 4) is 0 Å². The van der Waals surface area contributed by atoms with E-state index in [1.54, 1.807) is 19.2 Å². The Hall–Kier alpha value is -2.14. The zero-order valence-corrected chi connectivity index (χ0v) is 12.0. The highest BCUT2D eigenvalue weighted by Gasteiger charge is 2.09. The van der Waals surface area contributed by atoms with Crippen LogP contribution in [0.3, 0.4) is 0 Å². The number of carbonyl (C=O) groups is 1. The smallest absolute Gasteiger partial charge is 0.271 e. The van der Waals surface area contributed by atoms with Crippen LogP contribution in [0.1, 0.15) is 29.0 Å². The fraction of sp³-hybridized carbons (Fsp3) is 0.214. The van der Waals surface area contributed by atoms with Crippen LogP contribution in [0.4, 0.5) is 5.82 Å². The summed E-state index contributed by atoms with van der Waals surface area (Å²) in [5, 5.41) is 14.2. The van der Waals surface area contributed by atoms with E-state index >= 15 is 0 Å². The molecule has 0 bridgehead atoms. The number of rotatable bonds is 4. The van der Waals surface area contributed by atoms with Gasteiger partial charge in [-0.05, 0) is 36.8 Å². The highest BCUT2D eigenvalue weighted by molar-refractivity contribution is 6.30. The van der Waals surface area contributed by atoms with E-state index in [1.807, 2.05) is 31.2 Å². The summed E-state index contributed by atoms with van der Waals surface area (Å²) >= 11 is 5.96. The van der Waals surface area contributed by atoms with Crippen LogP contribution >= 0.6 is 11.6 Å². The Morgan fingerprint density at radius 3 is 2.65 bits per heavy atom. The SMILES string of the molecule is CNC(=O)c1ccc(NC(C)c2cccc(Cl)c2)nn1. The van der Waals surface area contributed by atoms with Crippen LogP contribution in [0.5, 0.6) is 0 Å². The Morgan fingerprint density at radius 2 is 2.05 bits per heavy atom. The molecular weight excluding hydrogens is 276 g/mol. The van der Waals surface area contributed by atoms with Crippen LogP contribution in [-0.4, -0.2) is 23.2 Å². The van der Waals surface area contributed by atoms with Crippen molar-refractivity contribution in [3.63, 3.8) is 0 Å². The first kappa shape index (κ1) is 14.3. The third kappa shape index (κ3) is 3.45. The number of aromatic nitrogens is 2. The lowest BCUT2D eigenvalue weighted by atomic mass is 10.1. The lowest BCUT2D eigenvalue weighted by molar-refractivity contribution is 0.0957. The zero-order chi connectivity index (χ0) is 14.5. The molecule has 2 rings (SSSR count). The van der Waals surface area contributed by atoms with E-state index in [2.05, 4.69) is 20.8 Å². The predicted octanol–water partition coefficient (Wildman–Crippen LogP) is 2.66. The maximum atomic E-state index is 11.4. The number of amides is 1. The van der Waals surface area contributed by atoms with Gasteiger partial charge in [0.2, 0.25) is 0 Å². The Morgan fingerprint density at radius 1 is 1.25 bits per heavy atom. The van der Waals surface area contributed by atoms with Gasteiger partial charge in [-0.3, -0.25) is 4.79 Å². The molecule has 0 saturated carbocycles. The summed E-state index contributed by atoms with van der Waals surface area (Å²) in [5.41, 5.74) is 1.34. The molecule has 0 aliphatic carbocycles. The molecule has 0 fully saturated rings. The lowest BCUT2D eigenvalue weighted by Crippen LogP contribution is -2.20. The summed E-state index contributed by atoms with van der Waals surface area (Å²) in [4.78, 5) is 11.4. The largest absolute Gasteiger partial charge is 0.362 e. The highest BCUT2D eigenvalue weighted by Crippen LogP contribution is 2.20. The molecule has 2 N–H and O–H groups in total. The van der Waals surface area contributed by atoms with Gasteiger partial charge in [-0.25, -0.2) is 0 Å². The van der Waals surface area contributed by atoms with Gasteiger partial charge >= 0.3 is 0 Å². The topological polar surface area (TPSA) is 66.9 Å². The van der Waals surface area contributed by atoms with Crippen molar-refractivity contribution in [3.05, 3.63) is 52.7 Å². The van der Waals surface area contributed by atoms with Gasteiger partial charge in [0.25, 0.3) is 5.91 Å². The summed E-state index contributed by atoms with van der Waals surface area (Å²) in [7, 11) is 1.55. The standard InChI is InChI=1S/C14H15ClN4O/c1-9(10-4-3-5-11(15)8-10)17-13-7-6-12(18-19-13)14(20)16-2/h3-9H,1-2H3,(H,16,20)(H,17,19). The third-order valence-corrected chi connectivity index (χ3v) is 3.07. The number of benzene rings is 1. The van der Waals surface area contributed by atoms with Gasteiger partial charge in [0, 0.05) is 12.1 Å². The van der Waals surface area contributed by atoms with Gasteiger partial charge in [0.1, 0.15) is 5.82 Å². The molecule has 104 valence electrons. The Kier molecular flexibility index (Phi) is 4.53. The van der Waals surface area contributed by atoms with Crippen LogP contribution in [0.15, 0.2) is 36.4 Å². The lowest BCUT2D eigenvalue weighted by Gasteiger charge is -2.14. The first-order valence-electron chi connectivity index (χ1n) is 6.18. The fourth-order valence-corrected chi connectivity index (χ4v) is 1.94. The van der Waals surface area contributed by atoms with Gasteiger partial charge in [-0.15, -0.1) is 10.2 Å². The minimum atomic E-state index is -0.257. The summed E-state index contributed by atoms with van der Waals surface area (Å²) in [5.74, 6) is 0.345. The molecule has 1 unspecified atom stereocenters. The molecule has 6 heteroatoms. The van der Waals surface area contributed by atoms with Crippen molar-refractivity contribution >= 4 is 23.3 Å². The van der Waals surface area contributed by atoms with Crippen molar-refractivity contribution < 1.29 is 4.79 Å². The van der Waals surface area contributed by atoms with E-state index in [9.17, 15) is 4.79 Å². The van der Waals surface area contributed by atoms with E-state index in [0.29, 0.717) is 10.8 Å². The molecule has 1 heterocycles. The third-order valence-electron chi connectivity index (χ3n) is 2.84. The van der Waals surface area contributed by atoms with Crippen molar-refractivity contribution in [2.45, 2.75) is 13.0 Å². The molecule has 0 saturated heterocycles.